The zero-order chi connectivity index (χ0) is 10.6. The van der Waals surface area contributed by atoms with Crippen LogP contribution in [-0.4, -0.2) is 48.8 Å². The van der Waals surface area contributed by atoms with Gasteiger partial charge in [-0.05, 0) is 32.9 Å². The average molecular weight is 201 g/mol. The number of carboxylic acids is 1. The average Bonchev–Trinajstić information content (AvgIpc) is 2.18. The van der Waals surface area contributed by atoms with Crippen molar-refractivity contribution in [2.45, 2.75) is 25.8 Å². The molecule has 1 saturated heterocycles. The normalized spacial score (nSPS) is 22.1. The van der Waals surface area contributed by atoms with Crippen molar-refractivity contribution in [1.29, 1.82) is 0 Å². The maximum absolute atomic E-state index is 10.7. The molecule has 0 saturated carbocycles. The Bertz CT molecular complexity index is 188. The summed E-state index contributed by atoms with van der Waals surface area (Å²) in [6, 6.07) is 0.398. The molecule has 0 aromatic rings. The summed E-state index contributed by atoms with van der Waals surface area (Å²) in [4.78, 5) is 13.0. The fourth-order valence-electron chi connectivity index (χ4n) is 1.93. The number of likely N-dealkylation sites (tertiary alicyclic amines) is 1. The largest absolute Gasteiger partial charge is 0.481 e. The minimum Gasteiger partial charge on any atom is -0.481 e. The summed E-state index contributed by atoms with van der Waals surface area (Å²) in [5, 5.41) is 8.82. The molecule has 1 heterocycles. The quantitative estimate of drug-likeness (QED) is 0.731. The molecule has 0 aliphatic carbocycles. The van der Waals surface area contributed by atoms with Crippen molar-refractivity contribution in [3.63, 3.8) is 0 Å². The molecule has 14 heavy (non-hydrogen) atoms. The van der Waals surface area contributed by atoms with Crippen molar-refractivity contribution in [3.8, 4) is 0 Å². The first-order valence-corrected chi connectivity index (χ1v) is 5.11. The fourth-order valence-corrected chi connectivity index (χ4v) is 1.93. The second-order valence-electron chi connectivity index (χ2n) is 3.95. The van der Waals surface area contributed by atoms with E-state index in [1.807, 2.05) is 0 Å². The highest BCUT2D eigenvalue weighted by atomic mass is 16.5. The number of aliphatic carboxylic acids is 1. The molecule has 4 heteroatoms. The van der Waals surface area contributed by atoms with Crippen molar-refractivity contribution in [1.82, 2.24) is 4.90 Å². The van der Waals surface area contributed by atoms with Gasteiger partial charge in [0.2, 0.25) is 0 Å². The van der Waals surface area contributed by atoms with Gasteiger partial charge in [0.25, 0.3) is 0 Å². The fraction of sp³-hybridized carbons (Fsp3) is 0.900. The standard InChI is InChI=1S/C10H19NO3/c1-8(7-14-2)11-5-3-9(4-6-11)10(12)13/h8-9H,3-7H2,1-2H3,(H,12,13). The van der Waals surface area contributed by atoms with E-state index in [2.05, 4.69) is 11.8 Å². The molecule has 1 aliphatic rings. The van der Waals surface area contributed by atoms with E-state index >= 15 is 0 Å². The van der Waals surface area contributed by atoms with Crippen molar-refractivity contribution in [3.05, 3.63) is 0 Å². The van der Waals surface area contributed by atoms with Crippen LogP contribution in [0.15, 0.2) is 0 Å². The number of hydrogen-bond acceptors (Lipinski definition) is 3. The number of methoxy groups -OCH3 is 1. The van der Waals surface area contributed by atoms with Crippen molar-refractivity contribution >= 4 is 5.97 Å². The zero-order valence-electron chi connectivity index (χ0n) is 8.90. The lowest BCUT2D eigenvalue weighted by Crippen LogP contribution is -2.43. The van der Waals surface area contributed by atoms with Gasteiger partial charge in [0, 0.05) is 13.2 Å². The summed E-state index contributed by atoms with van der Waals surface area (Å²) in [5.41, 5.74) is 0. The highest BCUT2D eigenvalue weighted by Gasteiger charge is 2.26. The third kappa shape index (κ3) is 2.96. The minimum atomic E-state index is -0.649. The molecule has 1 unspecified atom stereocenters. The van der Waals surface area contributed by atoms with Crippen molar-refractivity contribution in [2.24, 2.45) is 5.92 Å². The summed E-state index contributed by atoms with van der Waals surface area (Å²) < 4.78 is 5.07. The van der Waals surface area contributed by atoms with E-state index in [1.165, 1.54) is 0 Å². The number of carbonyl (C=O) groups is 1. The molecule has 0 aromatic heterocycles. The van der Waals surface area contributed by atoms with Crippen LogP contribution in [0.4, 0.5) is 0 Å². The van der Waals surface area contributed by atoms with Gasteiger partial charge in [0.15, 0.2) is 0 Å². The molecule has 1 fully saturated rings. The Labute approximate surface area is 84.8 Å². The summed E-state index contributed by atoms with van der Waals surface area (Å²) in [7, 11) is 1.69. The van der Waals surface area contributed by atoms with Gasteiger partial charge in [-0.3, -0.25) is 9.69 Å². The molecular formula is C10H19NO3. The number of carboxylic acid groups (broad SMARTS) is 1. The summed E-state index contributed by atoms with van der Waals surface area (Å²) in [6.07, 6.45) is 1.53. The third-order valence-electron chi connectivity index (χ3n) is 2.91. The smallest absolute Gasteiger partial charge is 0.306 e. The van der Waals surface area contributed by atoms with Gasteiger partial charge in [-0.2, -0.15) is 0 Å². The summed E-state index contributed by atoms with van der Waals surface area (Å²) in [5.74, 6) is -0.787. The van der Waals surface area contributed by atoms with Crippen LogP contribution in [0.25, 0.3) is 0 Å². The highest BCUT2D eigenvalue weighted by molar-refractivity contribution is 5.70. The van der Waals surface area contributed by atoms with E-state index in [1.54, 1.807) is 7.11 Å². The third-order valence-corrected chi connectivity index (χ3v) is 2.91. The molecule has 4 nitrogen and oxygen atoms in total. The Morgan fingerprint density at radius 3 is 2.57 bits per heavy atom. The maximum atomic E-state index is 10.7. The Morgan fingerprint density at radius 1 is 1.57 bits per heavy atom. The number of hydrogen-bond donors (Lipinski definition) is 1. The van der Waals surface area contributed by atoms with Gasteiger partial charge in [0.05, 0.1) is 12.5 Å². The van der Waals surface area contributed by atoms with Crippen molar-refractivity contribution < 1.29 is 14.6 Å². The molecule has 1 rings (SSSR count). The van der Waals surface area contributed by atoms with Crippen LogP contribution in [0.5, 0.6) is 0 Å². The van der Waals surface area contributed by atoms with Gasteiger partial charge in [-0.15, -0.1) is 0 Å². The topological polar surface area (TPSA) is 49.8 Å². The lowest BCUT2D eigenvalue weighted by atomic mass is 9.96. The first-order valence-electron chi connectivity index (χ1n) is 5.11. The van der Waals surface area contributed by atoms with Crippen molar-refractivity contribution in [2.75, 3.05) is 26.8 Å². The number of nitrogens with zero attached hydrogens (tertiary/aromatic N) is 1. The number of piperidine rings is 1. The second kappa shape index (κ2) is 5.32. The van der Waals surface area contributed by atoms with E-state index in [-0.39, 0.29) is 5.92 Å². The van der Waals surface area contributed by atoms with E-state index in [0.29, 0.717) is 6.04 Å². The van der Waals surface area contributed by atoms with Gasteiger partial charge in [0.1, 0.15) is 0 Å². The lowest BCUT2D eigenvalue weighted by molar-refractivity contribution is -0.143. The maximum Gasteiger partial charge on any atom is 0.306 e. The molecule has 0 bridgehead atoms. The Kier molecular flexibility index (Phi) is 4.35. The molecule has 0 spiro atoms. The van der Waals surface area contributed by atoms with Gasteiger partial charge >= 0.3 is 5.97 Å². The Balaban J connectivity index is 2.31. The lowest BCUT2D eigenvalue weighted by Gasteiger charge is -2.34. The molecule has 0 aromatic carbocycles. The zero-order valence-corrected chi connectivity index (χ0v) is 8.90. The Hall–Kier alpha value is -0.610. The number of rotatable bonds is 4. The molecule has 82 valence electrons. The molecular weight excluding hydrogens is 182 g/mol. The first-order chi connectivity index (χ1) is 6.65. The molecule has 1 aliphatic heterocycles. The highest BCUT2D eigenvalue weighted by Crippen LogP contribution is 2.18. The minimum absolute atomic E-state index is 0.138. The van der Waals surface area contributed by atoms with E-state index in [9.17, 15) is 4.79 Å². The van der Waals surface area contributed by atoms with Crippen LogP contribution in [-0.2, 0) is 9.53 Å². The Morgan fingerprint density at radius 2 is 2.14 bits per heavy atom. The summed E-state index contributed by atoms with van der Waals surface area (Å²) in [6.45, 7) is 4.59. The molecule has 1 atom stereocenters. The van der Waals surface area contributed by atoms with Crippen LogP contribution in [0.2, 0.25) is 0 Å². The second-order valence-corrected chi connectivity index (χ2v) is 3.95. The van der Waals surface area contributed by atoms with Crippen LogP contribution in [0.1, 0.15) is 19.8 Å². The van der Waals surface area contributed by atoms with E-state index in [0.717, 1.165) is 32.5 Å². The molecule has 0 amide bonds. The first kappa shape index (κ1) is 11.5. The molecule has 1 N–H and O–H groups in total. The van der Waals surface area contributed by atoms with E-state index < -0.39 is 5.97 Å². The van der Waals surface area contributed by atoms with Crippen LogP contribution in [0, 0.1) is 5.92 Å². The summed E-state index contributed by atoms with van der Waals surface area (Å²) >= 11 is 0. The van der Waals surface area contributed by atoms with E-state index in [4.69, 9.17) is 9.84 Å². The SMILES string of the molecule is COCC(C)N1CCC(C(=O)O)CC1. The van der Waals surface area contributed by atoms with Crippen LogP contribution >= 0.6 is 0 Å². The van der Waals surface area contributed by atoms with Crippen LogP contribution in [0.3, 0.4) is 0 Å². The predicted octanol–water partition coefficient (Wildman–Crippen LogP) is 0.818. The van der Waals surface area contributed by atoms with Gasteiger partial charge in [-0.25, -0.2) is 0 Å². The molecule has 0 radical (unpaired) electrons. The predicted molar refractivity (Wildman–Crippen MR) is 53.3 cm³/mol. The van der Waals surface area contributed by atoms with Gasteiger partial charge in [-0.1, -0.05) is 0 Å². The van der Waals surface area contributed by atoms with Gasteiger partial charge < -0.3 is 9.84 Å². The van der Waals surface area contributed by atoms with Crippen LogP contribution < -0.4 is 0 Å². The number of ether oxygens (including phenoxy) is 1. The monoisotopic (exact) mass is 201 g/mol.